The van der Waals surface area contributed by atoms with Crippen LogP contribution in [0.25, 0.3) is 0 Å². The Morgan fingerprint density at radius 1 is 0.968 bits per heavy atom. The Bertz CT molecular complexity index is 988. The monoisotopic (exact) mass is 418 g/mol. The number of aryl methyl sites for hydroxylation is 2. The van der Waals surface area contributed by atoms with Crippen LogP contribution in [0, 0.1) is 19.8 Å². The molecule has 0 radical (unpaired) electrons. The van der Waals surface area contributed by atoms with E-state index in [1.54, 1.807) is 0 Å². The van der Waals surface area contributed by atoms with E-state index in [4.69, 9.17) is 0 Å². The minimum Gasteiger partial charge on any atom is -0.342 e. The minimum absolute atomic E-state index is 0.0114. The van der Waals surface area contributed by atoms with Crippen LogP contribution < -0.4 is 4.90 Å². The van der Waals surface area contributed by atoms with Crippen LogP contribution in [-0.2, 0) is 16.0 Å². The molecule has 5 heteroatoms. The second kappa shape index (κ2) is 9.04. The Labute approximate surface area is 184 Å². The summed E-state index contributed by atoms with van der Waals surface area (Å²) in [5.41, 5.74) is 4.86. The maximum atomic E-state index is 12.9. The number of hydrogen-bond acceptors (Lipinski definition) is 3. The number of Topliss-reactive ketones (excluding diaryl/α,β-unsaturated/α-hetero) is 1. The van der Waals surface area contributed by atoms with Crippen molar-refractivity contribution in [1.82, 2.24) is 4.90 Å². The summed E-state index contributed by atoms with van der Waals surface area (Å²) in [6.45, 7) is 6.04. The molecular formula is C26H30N2O3. The van der Waals surface area contributed by atoms with E-state index < -0.39 is 0 Å². The lowest BCUT2D eigenvalue weighted by molar-refractivity contribution is -0.131. The van der Waals surface area contributed by atoms with Gasteiger partial charge in [-0.05, 0) is 56.4 Å². The molecule has 5 nitrogen and oxygen atoms in total. The van der Waals surface area contributed by atoms with Crippen LogP contribution >= 0.6 is 0 Å². The Balaban J connectivity index is 1.31. The number of carbonyl (C=O) groups excluding carboxylic acids is 3. The summed E-state index contributed by atoms with van der Waals surface area (Å²) in [5, 5.41) is 0. The summed E-state index contributed by atoms with van der Waals surface area (Å²) >= 11 is 0. The molecule has 0 spiro atoms. The highest BCUT2D eigenvalue weighted by molar-refractivity contribution is 5.99. The van der Waals surface area contributed by atoms with E-state index in [9.17, 15) is 14.4 Å². The first-order valence-electron chi connectivity index (χ1n) is 11.2. The molecule has 0 atom stereocenters. The van der Waals surface area contributed by atoms with Gasteiger partial charge in [-0.15, -0.1) is 0 Å². The molecular weight excluding hydrogens is 388 g/mol. The summed E-state index contributed by atoms with van der Waals surface area (Å²) < 4.78 is 0. The Hall–Kier alpha value is -2.95. The standard InChI is InChI=1S/C26H30N2O3/c1-18-5-10-23(19(2)16-18)26(31)21-11-14-27(15-12-21)25(30)17-20-6-8-22(9-7-20)28-13-3-4-24(28)29/h5-10,16,21H,3-4,11-15,17H2,1-2H3. The first kappa shape index (κ1) is 21.3. The second-order valence-corrected chi connectivity index (χ2v) is 8.83. The number of anilines is 1. The van der Waals surface area contributed by atoms with E-state index in [-0.39, 0.29) is 23.5 Å². The highest BCUT2D eigenvalue weighted by Crippen LogP contribution is 2.25. The first-order valence-corrected chi connectivity index (χ1v) is 11.2. The van der Waals surface area contributed by atoms with Crippen molar-refractivity contribution in [2.24, 2.45) is 5.92 Å². The molecule has 2 amide bonds. The number of likely N-dealkylation sites (tertiary alicyclic amines) is 1. The molecule has 2 aliphatic heterocycles. The average molecular weight is 419 g/mol. The summed E-state index contributed by atoms with van der Waals surface area (Å²) in [4.78, 5) is 41.3. The third kappa shape index (κ3) is 4.71. The molecule has 31 heavy (non-hydrogen) atoms. The molecule has 2 fully saturated rings. The van der Waals surface area contributed by atoms with E-state index in [2.05, 4.69) is 6.07 Å². The molecule has 0 aromatic heterocycles. The van der Waals surface area contributed by atoms with Crippen LogP contribution in [0.15, 0.2) is 42.5 Å². The van der Waals surface area contributed by atoms with Gasteiger partial charge in [0, 0.05) is 43.2 Å². The number of benzene rings is 2. The molecule has 2 heterocycles. The normalized spacial score (nSPS) is 17.3. The molecule has 2 aliphatic rings. The summed E-state index contributed by atoms with van der Waals surface area (Å²) in [6, 6.07) is 13.7. The van der Waals surface area contributed by atoms with Crippen LogP contribution in [0.4, 0.5) is 5.69 Å². The smallest absolute Gasteiger partial charge is 0.227 e. The van der Waals surface area contributed by atoms with E-state index in [1.807, 2.05) is 60.0 Å². The molecule has 0 bridgehead atoms. The van der Waals surface area contributed by atoms with Crippen molar-refractivity contribution >= 4 is 23.3 Å². The van der Waals surface area contributed by atoms with Crippen LogP contribution in [0.5, 0.6) is 0 Å². The van der Waals surface area contributed by atoms with Gasteiger partial charge in [0.2, 0.25) is 11.8 Å². The number of carbonyl (C=O) groups is 3. The lowest BCUT2D eigenvalue weighted by Gasteiger charge is -2.31. The van der Waals surface area contributed by atoms with Crippen molar-refractivity contribution in [3.05, 3.63) is 64.7 Å². The molecule has 2 aromatic carbocycles. The minimum atomic E-state index is -0.0114. The zero-order valence-corrected chi connectivity index (χ0v) is 18.4. The van der Waals surface area contributed by atoms with Gasteiger partial charge in [-0.1, -0.05) is 35.9 Å². The number of hydrogen-bond donors (Lipinski definition) is 0. The molecule has 0 aliphatic carbocycles. The number of rotatable bonds is 5. The molecule has 0 unspecified atom stereocenters. The van der Waals surface area contributed by atoms with E-state index in [0.29, 0.717) is 38.8 Å². The van der Waals surface area contributed by atoms with Gasteiger partial charge in [0.25, 0.3) is 0 Å². The third-order valence-corrected chi connectivity index (χ3v) is 6.54. The molecule has 2 saturated heterocycles. The Morgan fingerprint density at radius 3 is 2.29 bits per heavy atom. The van der Waals surface area contributed by atoms with Crippen LogP contribution in [0.1, 0.15) is 52.7 Å². The van der Waals surface area contributed by atoms with Gasteiger partial charge in [0.05, 0.1) is 6.42 Å². The zero-order chi connectivity index (χ0) is 22.0. The number of amides is 2. The third-order valence-electron chi connectivity index (χ3n) is 6.54. The molecule has 0 N–H and O–H groups in total. The Morgan fingerprint density at radius 2 is 1.68 bits per heavy atom. The van der Waals surface area contributed by atoms with Crippen molar-refractivity contribution in [3.63, 3.8) is 0 Å². The van der Waals surface area contributed by atoms with Gasteiger partial charge >= 0.3 is 0 Å². The predicted octanol–water partition coefficient (Wildman–Crippen LogP) is 4.09. The van der Waals surface area contributed by atoms with Crippen molar-refractivity contribution in [3.8, 4) is 0 Å². The van der Waals surface area contributed by atoms with Gasteiger partial charge in [0.15, 0.2) is 5.78 Å². The molecule has 162 valence electrons. The number of piperidine rings is 1. The first-order chi connectivity index (χ1) is 14.9. The molecule has 4 rings (SSSR count). The highest BCUT2D eigenvalue weighted by atomic mass is 16.2. The van der Waals surface area contributed by atoms with E-state index >= 15 is 0 Å². The second-order valence-electron chi connectivity index (χ2n) is 8.83. The summed E-state index contributed by atoms with van der Waals surface area (Å²) in [7, 11) is 0. The van der Waals surface area contributed by atoms with Crippen LogP contribution in [0.3, 0.4) is 0 Å². The zero-order valence-electron chi connectivity index (χ0n) is 18.4. The van der Waals surface area contributed by atoms with E-state index in [0.717, 1.165) is 40.9 Å². The lowest BCUT2D eigenvalue weighted by Crippen LogP contribution is -2.41. The van der Waals surface area contributed by atoms with Gasteiger partial charge in [-0.25, -0.2) is 0 Å². The fraction of sp³-hybridized carbons (Fsp3) is 0.423. The average Bonchev–Trinajstić information content (AvgIpc) is 3.20. The van der Waals surface area contributed by atoms with Crippen LogP contribution in [-0.4, -0.2) is 42.1 Å². The van der Waals surface area contributed by atoms with Gasteiger partial charge in [-0.3, -0.25) is 14.4 Å². The maximum absolute atomic E-state index is 12.9. The quantitative estimate of drug-likeness (QED) is 0.687. The lowest BCUT2D eigenvalue weighted by atomic mass is 9.87. The topological polar surface area (TPSA) is 57.7 Å². The van der Waals surface area contributed by atoms with Crippen molar-refractivity contribution in [1.29, 1.82) is 0 Å². The molecule has 2 aromatic rings. The highest BCUT2D eigenvalue weighted by Gasteiger charge is 2.28. The summed E-state index contributed by atoms with van der Waals surface area (Å²) in [6.07, 6.45) is 3.30. The van der Waals surface area contributed by atoms with Gasteiger partial charge < -0.3 is 9.80 Å². The van der Waals surface area contributed by atoms with Crippen molar-refractivity contribution < 1.29 is 14.4 Å². The largest absolute Gasteiger partial charge is 0.342 e. The number of ketones is 1. The van der Waals surface area contributed by atoms with E-state index in [1.165, 1.54) is 0 Å². The SMILES string of the molecule is Cc1ccc(C(=O)C2CCN(C(=O)Cc3ccc(N4CCCC4=O)cc3)CC2)c(C)c1. The predicted molar refractivity (Wildman–Crippen MR) is 121 cm³/mol. The number of nitrogens with zero attached hydrogens (tertiary/aromatic N) is 2. The van der Waals surface area contributed by atoms with Gasteiger partial charge in [-0.2, -0.15) is 0 Å². The van der Waals surface area contributed by atoms with Crippen molar-refractivity contribution in [2.75, 3.05) is 24.5 Å². The van der Waals surface area contributed by atoms with Crippen molar-refractivity contribution in [2.45, 2.75) is 46.0 Å². The Kier molecular flexibility index (Phi) is 6.21. The molecule has 0 saturated carbocycles. The maximum Gasteiger partial charge on any atom is 0.227 e. The fourth-order valence-corrected chi connectivity index (χ4v) is 4.70. The van der Waals surface area contributed by atoms with Gasteiger partial charge in [0.1, 0.15) is 0 Å². The summed E-state index contributed by atoms with van der Waals surface area (Å²) in [5.74, 6) is 0.462. The van der Waals surface area contributed by atoms with Crippen LogP contribution in [0.2, 0.25) is 0 Å². The fourth-order valence-electron chi connectivity index (χ4n) is 4.70.